The molecule has 3 amide bonds. The Labute approximate surface area is 255 Å². The lowest BCUT2D eigenvalue weighted by molar-refractivity contribution is -0.139. The van der Waals surface area contributed by atoms with Crippen LogP contribution in [0.4, 0.5) is 11.4 Å². The molecular weight excluding hydrogens is 552 g/mol. The molecule has 2 fully saturated rings. The Balaban J connectivity index is 1.06. The second-order valence-corrected chi connectivity index (χ2v) is 12.3. The number of aryl methyl sites for hydroxylation is 1. The zero-order chi connectivity index (χ0) is 30.3. The lowest BCUT2D eigenvalue weighted by Gasteiger charge is -2.45. The van der Waals surface area contributed by atoms with Crippen molar-refractivity contribution < 1.29 is 23.9 Å². The van der Waals surface area contributed by atoms with Gasteiger partial charge in [0.25, 0.3) is 0 Å². The van der Waals surface area contributed by atoms with Crippen LogP contribution in [-0.2, 0) is 19.2 Å². The summed E-state index contributed by atoms with van der Waals surface area (Å²) in [7, 11) is 0. The quantitative estimate of drug-likeness (QED) is 0.176. The largest absolute Gasteiger partial charge is 0.426 e. The molecule has 2 aliphatic heterocycles. The number of ether oxygens (including phenoxy) is 1. The number of carbonyl (C=O) groups excluding carboxylic acids is 4. The Bertz CT molecular complexity index is 1800. The van der Waals surface area contributed by atoms with Gasteiger partial charge >= 0.3 is 5.97 Å². The number of rotatable bonds is 4. The summed E-state index contributed by atoms with van der Waals surface area (Å²) in [6.07, 6.45) is 0.0578. The minimum absolute atomic E-state index is 0.0578. The Morgan fingerprint density at radius 3 is 1.89 bits per heavy atom. The molecule has 0 unspecified atom stereocenters. The summed E-state index contributed by atoms with van der Waals surface area (Å²) >= 11 is 0. The summed E-state index contributed by atoms with van der Waals surface area (Å²) in [6, 6.07) is 28.7. The maximum atomic E-state index is 14.1. The van der Waals surface area contributed by atoms with Crippen LogP contribution in [0.3, 0.4) is 0 Å². The van der Waals surface area contributed by atoms with E-state index in [2.05, 4.69) is 24.3 Å². The fraction of sp³-hybridized carbons (Fsp3) is 0.243. The van der Waals surface area contributed by atoms with Crippen LogP contribution in [-0.4, -0.2) is 30.2 Å². The molecule has 0 saturated carbocycles. The van der Waals surface area contributed by atoms with Crippen molar-refractivity contribution in [3.63, 3.8) is 0 Å². The van der Waals surface area contributed by atoms with Gasteiger partial charge in [0.15, 0.2) is 0 Å². The normalized spacial score (nSPS) is 24.8. The van der Waals surface area contributed by atoms with Crippen molar-refractivity contribution in [1.82, 2.24) is 0 Å². The highest BCUT2D eigenvalue weighted by atomic mass is 16.5. The van der Waals surface area contributed by atoms with E-state index in [1.54, 1.807) is 29.2 Å². The summed E-state index contributed by atoms with van der Waals surface area (Å²) in [4.78, 5) is 57.3. The van der Waals surface area contributed by atoms with Gasteiger partial charge < -0.3 is 9.64 Å². The number of hydrogen-bond donors (Lipinski definition) is 0. The van der Waals surface area contributed by atoms with E-state index >= 15 is 0 Å². The molecule has 2 saturated heterocycles. The number of hydrogen-bond acceptors (Lipinski definition) is 5. The Morgan fingerprint density at radius 1 is 0.727 bits per heavy atom. The number of esters is 1. The van der Waals surface area contributed by atoms with Crippen molar-refractivity contribution in [3.8, 4) is 5.75 Å². The summed E-state index contributed by atoms with van der Waals surface area (Å²) in [5, 5.41) is 0. The molecule has 0 radical (unpaired) electrons. The Morgan fingerprint density at radius 2 is 1.30 bits per heavy atom. The zero-order valence-corrected chi connectivity index (χ0v) is 24.4. The third kappa shape index (κ3) is 3.75. The van der Waals surface area contributed by atoms with Crippen molar-refractivity contribution >= 4 is 35.1 Å². The number of nitrogens with zero attached hydrogens (tertiary/aromatic N) is 2. The number of anilines is 2. The number of benzene rings is 4. The van der Waals surface area contributed by atoms with E-state index in [0.717, 1.165) is 39.1 Å². The minimum atomic E-state index is -0.628. The molecule has 44 heavy (non-hydrogen) atoms. The molecule has 7 nitrogen and oxygen atoms in total. The predicted octanol–water partition coefficient (Wildman–Crippen LogP) is 5.66. The molecule has 0 aromatic heterocycles. The molecule has 4 aromatic carbocycles. The molecule has 5 aliphatic rings. The van der Waals surface area contributed by atoms with Crippen LogP contribution < -0.4 is 14.5 Å². The highest BCUT2D eigenvalue weighted by Gasteiger charge is 2.61. The van der Waals surface area contributed by atoms with Gasteiger partial charge in [0, 0.05) is 36.6 Å². The highest BCUT2D eigenvalue weighted by Crippen LogP contribution is 2.61. The van der Waals surface area contributed by atoms with E-state index < -0.39 is 23.7 Å². The second kappa shape index (κ2) is 9.74. The molecule has 2 bridgehead atoms. The maximum Gasteiger partial charge on any atom is 0.316 e. The Hall–Kier alpha value is -5.04. The summed E-state index contributed by atoms with van der Waals surface area (Å²) in [5.41, 5.74) is 7.72. The fourth-order valence-corrected chi connectivity index (χ4v) is 7.94. The molecular formula is C37H30N2O5. The first kappa shape index (κ1) is 26.6. The summed E-state index contributed by atoms with van der Waals surface area (Å²) in [6.45, 7) is 4.19. The van der Waals surface area contributed by atoms with Crippen molar-refractivity contribution in [3.05, 3.63) is 124 Å². The SMILES string of the molecule is Cc1cccc(N2C[C@@H](C(=O)Oc3cccc(N4C(=O)[C@@H]5C6c7ccccc7C(c7ccccc76)[C@@H]5C4=O)c3)CC2=O)c1C. The van der Waals surface area contributed by atoms with E-state index in [1.165, 1.54) is 4.90 Å². The topological polar surface area (TPSA) is 84.0 Å². The van der Waals surface area contributed by atoms with Crippen molar-refractivity contribution in [2.24, 2.45) is 17.8 Å². The van der Waals surface area contributed by atoms with Crippen molar-refractivity contribution in [2.45, 2.75) is 32.1 Å². The highest BCUT2D eigenvalue weighted by molar-refractivity contribution is 6.23. The molecule has 0 N–H and O–H groups in total. The van der Waals surface area contributed by atoms with Crippen LogP contribution in [0.1, 0.15) is 51.6 Å². The standard InChI is InChI=1S/C37H30N2O5/c1-20-9-7-16-29(21(20)2)38-19-22(17-30(38)40)37(43)44-24-11-8-10-23(18-24)39-35(41)33-31-25-12-3-4-13-26(25)32(34(33)36(39)42)28-15-6-5-14-27(28)31/h3-16,18,22,31-34H,17,19H2,1-2H3/t22-,31?,32?,33-,34+/m0/s1. The predicted molar refractivity (Wildman–Crippen MR) is 164 cm³/mol. The average Bonchev–Trinajstić information content (AvgIpc) is 3.55. The number of amides is 3. The van der Waals surface area contributed by atoms with Crippen molar-refractivity contribution in [1.29, 1.82) is 0 Å². The van der Waals surface area contributed by atoms with Gasteiger partial charge in [-0.15, -0.1) is 0 Å². The van der Waals surface area contributed by atoms with Gasteiger partial charge in [-0.25, -0.2) is 4.90 Å². The molecule has 0 spiro atoms. The molecule has 218 valence electrons. The van der Waals surface area contributed by atoms with Crippen LogP contribution in [0.15, 0.2) is 91.0 Å². The molecule has 9 rings (SSSR count). The van der Waals surface area contributed by atoms with Gasteiger partial charge in [-0.2, -0.15) is 0 Å². The van der Waals surface area contributed by atoms with Gasteiger partial charge in [-0.05, 0) is 65.4 Å². The van der Waals surface area contributed by atoms with E-state index in [0.29, 0.717) is 5.69 Å². The molecule has 7 heteroatoms. The van der Waals surface area contributed by atoms with Crippen molar-refractivity contribution in [2.75, 3.05) is 16.3 Å². The van der Waals surface area contributed by atoms with Crippen LogP contribution >= 0.6 is 0 Å². The first-order chi connectivity index (χ1) is 21.3. The van der Waals surface area contributed by atoms with Crippen LogP contribution in [0.2, 0.25) is 0 Å². The summed E-state index contributed by atoms with van der Waals surface area (Å²) in [5.74, 6) is -2.87. The van der Waals surface area contributed by atoms with Gasteiger partial charge in [-0.3, -0.25) is 19.2 Å². The number of imide groups is 1. The van der Waals surface area contributed by atoms with Gasteiger partial charge in [0.05, 0.1) is 23.4 Å². The molecule has 3 atom stereocenters. The first-order valence-corrected chi connectivity index (χ1v) is 15.1. The van der Waals surface area contributed by atoms with Gasteiger partial charge in [0.1, 0.15) is 5.75 Å². The molecule has 4 aromatic rings. The van der Waals surface area contributed by atoms with Gasteiger partial charge in [0.2, 0.25) is 17.7 Å². The minimum Gasteiger partial charge on any atom is -0.426 e. The smallest absolute Gasteiger partial charge is 0.316 e. The zero-order valence-electron chi connectivity index (χ0n) is 24.4. The summed E-state index contributed by atoms with van der Waals surface area (Å²) < 4.78 is 5.76. The van der Waals surface area contributed by atoms with Gasteiger partial charge in [-0.1, -0.05) is 66.7 Å². The average molecular weight is 583 g/mol. The second-order valence-electron chi connectivity index (χ2n) is 12.3. The monoisotopic (exact) mass is 582 g/mol. The first-order valence-electron chi connectivity index (χ1n) is 15.1. The van der Waals surface area contributed by atoms with E-state index in [9.17, 15) is 19.2 Å². The molecule has 2 heterocycles. The van der Waals surface area contributed by atoms with Crippen LogP contribution in [0.25, 0.3) is 0 Å². The third-order valence-electron chi connectivity index (χ3n) is 10.1. The van der Waals surface area contributed by atoms with E-state index in [-0.39, 0.29) is 48.3 Å². The maximum absolute atomic E-state index is 14.1. The lowest BCUT2D eigenvalue weighted by Crippen LogP contribution is -2.41. The lowest BCUT2D eigenvalue weighted by atomic mass is 9.55. The van der Waals surface area contributed by atoms with E-state index in [4.69, 9.17) is 4.74 Å². The third-order valence-corrected chi connectivity index (χ3v) is 10.1. The van der Waals surface area contributed by atoms with E-state index in [1.807, 2.05) is 56.3 Å². The van der Waals surface area contributed by atoms with Crippen LogP contribution in [0.5, 0.6) is 5.75 Å². The fourth-order valence-electron chi connectivity index (χ4n) is 7.94. The van der Waals surface area contributed by atoms with Crippen LogP contribution in [0, 0.1) is 31.6 Å². The number of carbonyl (C=O) groups is 4. The molecule has 3 aliphatic carbocycles. The Kier molecular flexibility index (Phi) is 5.88.